The summed E-state index contributed by atoms with van der Waals surface area (Å²) in [6.07, 6.45) is 0. The van der Waals surface area contributed by atoms with Crippen LogP contribution in [0.4, 0.5) is 4.39 Å². The SMILES string of the molecule is CC(C)(C)c1cccc(-c2sccc2Cl)c1F. The Balaban J connectivity index is 2.62. The van der Waals surface area contributed by atoms with Crippen LogP contribution in [0.1, 0.15) is 26.3 Å². The zero-order valence-corrected chi connectivity index (χ0v) is 11.6. The largest absolute Gasteiger partial charge is 0.206 e. The van der Waals surface area contributed by atoms with E-state index in [2.05, 4.69) is 0 Å². The van der Waals surface area contributed by atoms with Gasteiger partial charge in [0.2, 0.25) is 0 Å². The first kappa shape index (κ1) is 12.6. The van der Waals surface area contributed by atoms with Gasteiger partial charge in [-0.15, -0.1) is 11.3 Å². The third kappa shape index (κ3) is 2.38. The van der Waals surface area contributed by atoms with Gasteiger partial charge in [0, 0.05) is 5.56 Å². The predicted molar refractivity (Wildman–Crippen MR) is 73.4 cm³/mol. The molecular weight excluding hydrogens is 255 g/mol. The van der Waals surface area contributed by atoms with Crippen molar-refractivity contribution in [2.24, 2.45) is 0 Å². The van der Waals surface area contributed by atoms with Crippen LogP contribution in [-0.4, -0.2) is 0 Å². The van der Waals surface area contributed by atoms with Crippen LogP contribution in [0.3, 0.4) is 0 Å². The molecule has 0 bridgehead atoms. The minimum atomic E-state index is -0.205. The summed E-state index contributed by atoms with van der Waals surface area (Å²) in [7, 11) is 0. The average Bonchev–Trinajstić information content (AvgIpc) is 2.63. The second-order valence-corrected chi connectivity index (χ2v) is 6.34. The smallest absolute Gasteiger partial charge is 0.135 e. The maximum Gasteiger partial charge on any atom is 0.135 e. The van der Waals surface area contributed by atoms with Crippen molar-refractivity contribution < 1.29 is 4.39 Å². The summed E-state index contributed by atoms with van der Waals surface area (Å²) in [5, 5.41) is 2.49. The number of rotatable bonds is 1. The van der Waals surface area contributed by atoms with Crippen LogP contribution in [0, 0.1) is 5.82 Å². The molecule has 0 spiro atoms. The van der Waals surface area contributed by atoms with Crippen molar-refractivity contribution in [3.63, 3.8) is 0 Å². The summed E-state index contributed by atoms with van der Waals surface area (Å²) in [4.78, 5) is 0.801. The van der Waals surface area contributed by atoms with E-state index < -0.39 is 0 Å². The van der Waals surface area contributed by atoms with E-state index in [1.807, 2.05) is 38.3 Å². The fourth-order valence-electron chi connectivity index (χ4n) is 1.77. The molecule has 0 unspecified atom stereocenters. The Kier molecular flexibility index (Phi) is 3.28. The molecule has 0 atom stereocenters. The molecule has 0 aliphatic rings. The number of halogens is 2. The predicted octanol–water partition coefficient (Wildman–Crippen LogP) is 5.51. The van der Waals surface area contributed by atoms with Gasteiger partial charge in [-0.05, 0) is 22.4 Å². The molecule has 0 aliphatic carbocycles. The normalized spacial score (nSPS) is 11.8. The van der Waals surface area contributed by atoms with Gasteiger partial charge in [-0.25, -0.2) is 4.39 Å². The van der Waals surface area contributed by atoms with E-state index >= 15 is 0 Å². The summed E-state index contributed by atoms with van der Waals surface area (Å²) in [6, 6.07) is 7.29. The highest BCUT2D eigenvalue weighted by atomic mass is 35.5. The molecule has 3 heteroatoms. The molecule has 0 N–H and O–H groups in total. The molecule has 2 rings (SSSR count). The van der Waals surface area contributed by atoms with E-state index in [9.17, 15) is 4.39 Å². The lowest BCUT2D eigenvalue weighted by atomic mass is 9.85. The Morgan fingerprint density at radius 2 is 1.88 bits per heavy atom. The zero-order valence-electron chi connectivity index (χ0n) is 10.1. The van der Waals surface area contributed by atoms with E-state index in [-0.39, 0.29) is 11.2 Å². The molecule has 1 aromatic heterocycles. The Morgan fingerprint density at radius 1 is 1.18 bits per heavy atom. The van der Waals surface area contributed by atoms with Crippen molar-refractivity contribution >= 4 is 22.9 Å². The third-order valence-corrected chi connectivity index (χ3v) is 4.04. The van der Waals surface area contributed by atoms with Gasteiger partial charge in [0.1, 0.15) is 5.82 Å². The van der Waals surface area contributed by atoms with Gasteiger partial charge < -0.3 is 0 Å². The van der Waals surface area contributed by atoms with Crippen LogP contribution in [0.5, 0.6) is 0 Å². The lowest BCUT2D eigenvalue weighted by molar-refractivity contribution is 0.525. The van der Waals surface area contributed by atoms with E-state index in [0.717, 1.165) is 10.4 Å². The van der Waals surface area contributed by atoms with Crippen LogP contribution in [0.2, 0.25) is 5.02 Å². The van der Waals surface area contributed by atoms with E-state index in [4.69, 9.17) is 11.6 Å². The minimum Gasteiger partial charge on any atom is -0.206 e. The van der Waals surface area contributed by atoms with E-state index in [1.165, 1.54) is 11.3 Å². The first-order valence-corrected chi connectivity index (χ1v) is 6.69. The number of hydrogen-bond acceptors (Lipinski definition) is 1. The highest BCUT2D eigenvalue weighted by Crippen LogP contribution is 2.37. The number of hydrogen-bond donors (Lipinski definition) is 0. The molecular formula is C14H14ClFS. The second-order valence-electron chi connectivity index (χ2n) is 5.01. The Hall–Kier alpha value is -0.860. The van der Waals surface area contributed by atoms with Gasteiger partial charge in [-0.3, -0.25) is 0 Å². The molecule has 0 amide bonds. The standard InChI is InChI=1S/C14H14ClFS/c1-14(2,3)10-6-4-5-9(12(10)16)13-11(15)7-8-17-13/h4-8H,1-3H3. The molecule has 1 aromatic carbocycles. The molecule has 1 heterocycles. The van der Waals surface area contributed by atoms with Crippen LogP contribution in [-0.2, 0) is 5.41 Å². The van der Waals surface area contributed by atoms with Crippen molar-refractivity contribution in [2.75, 3.05) is 0 Å². The van der Waals surface area contributed by atoms with Gasteiger partial charge in [0.25, 0.3) is 0 Å². The van der Waals surface area contributed by atoms with Crippen LogP contribution < -0.4 is 0 Å². The zero-order chi connectivity index (χ0) is 12.6. The van der Waals surface area contributed by atoms with Gasteiger partial charge in [-0.2, -0.15) is 0 Å². The molecule has 0 aliphatic heterocycles. The lowest BCUT2D eigenvalue weighted by Crippen LogP contribution is -2.13. The Morgan fingerprint density at radius 3 is 2.41 bits per heavy atom. The molecule has 17 heavy (non-hydrogen) atoms. The molecule has 0 saturated heterocycles. The molecule has 0 radical (unpaired) electrons. The van der Waals surface area contributed by atoms with Crippen molar-refractivity contribution in [3.8, 4) is 10.4 Å². The fourth-order valence-corrected chi connectivity index (χ4v) is 2.95. The Labute approximate surface area is 110 Å². The highest BCUT2D eigenvalue weighted by Gasteiger charge is 2.21. The van der Waals surface area contributed by atoms with Gasteiger partial charge >= 0.3 is 0 Å². The quantitative estimate of drug-likeness (QED) is 0.640. The summed E-state index contributed by atoms with van der Waals surface area (Å²) in [5.74, 6) is -0.163. The lowest BCUT2D eigenvalue weighted by Gasteiger charge is -2.21. The first-order chi connectivity index (χ1) is 7.91. The molecule has 2 aromatic rings. The van der Waals surface area contributed by atoms with Crippen LogP contribution in [0.25, 0.3) is 10.4 Å². The van der Waals surface area contributed by atoms with Gasteiger partial charge in [0.05, 0.1) is 9.90 Å². The third-order valence-electron chi connectivity index (χ3n) is 2.67. The van der Waals surface area contributed by atoms with Gasteiger partial charge in [0.15, 0.2) is 0 Å². The van der Waals surface area contributed by atoms with Crippen LogP contribution in [0.15, 0.2) is 29.6 Å². The number of thiophene rings is 1. The first-order valence-electron chi connectivity index (χ1n) is 5.43. The molecule has 0 fully saturated rings. The maximum absolute atomic E-state index is 14.5. The monoisotopic (exact) mass is 268 g/mol. The summed E-state index contributed by atoms with van der Waals surface area (Å²) < 4.78 is 14.5. The minimum absolute atomic E-state index is 0.163. The highest BCUT2D eigenvalue weighted by molar-refractivity contribution is 7.14. The fraction of sp³-hybridized carbons (Fsp3) is 0.286. The van der Waals surface area contributed by atoms with Crippen molar-refractivity contribution in [1.82, 2.24) is 0 Å². The van der Waals surface area contributed by atoms with Crippen molar-refractivity contribution in [1.29, 1.82) is 0 Å². The summed E-state index contributed by atoms with van der Waals surface area (Å²) in [5.41, 5.74) is 1.11. The van der Waals surface area contributed by atoms with E-state index in [0.29, 0.717) is 10.6 Å². The Bertz CT molecular complexity index is 537. The molecule has 90 valence electrons. The second kappa shape index (κ2) is 4.43. The number of benzene rings is 1. The summed E-state index contributed by atoms with van der Waals surface area (Å²) in [6.45, 7) is 6.02. The molecule has 0 nitrogen and oxygen atoms in total. The van der Waals surface area contributed by atoms with Crippen LogP contribution >= 0.6 is 22.9 Å². The topological polar surface area (TPSA) is 0 Å². The molecule has 0 saturated carbocycles. The maximum atomic E-state index is 14.5. The summed E-state index contributed by atoms with van der Waals surface area (Å²) >= 11 is 7.52. The average molecular weight is 269 g/mol. The van der Waals surface area contributed by atoms with Crippen molar-refractivity contribution in [3.05, 3.63) is 46.0 Å². The van der Waals surface area contributed by atoms with E-state index in [1.54, 1.807) is 12.1 Å². The van der Waals surface area contributed by atoms with Crippen molar-refractivity contribution in [2.45, 2.75) is 26.2 Å². The van der Waals surface area contributed by atoms with Gasteiger partial charge in [-0.1, -0.05) is 50.6 Å².